The summed E-state index contributed by atoms with van der Waals surface area (Å²) >= 11 is 1.10. The third-order valence-corrected chi connectivity index (χ3v) is 7.75. The van der Waals surface area contributed by atoms with Crippen molar-refractivity contribution in [3.8, 4) is 16.9 Å². The highest BCUT2D eigenvalue weighted by molar-refractivity contribution is 7.14. The Hall–Kier alpha value is -3.13. The van der Waals surface area contributed by atoms with E-state index in [0.29, 0.717) is 15.5 Å². The van der Waals surface area contributed by atoms with Gasteiger partial charge in [-0.1, -0.05) is 45.0 Å². The fourth-order valence-electron chi connectivity index (χ4n) is 4.50. The summed E-state index contributed by atoms with van der Waals surface area (Å²) in [5.74, 6) is -0.737. The van der Waals surface area contributed by atoms with E-state index in [-0.39, 0.29) is 36.9 Å². The molecule has 0 aliphatic rings. The molecule has 1 heterocycles. The number of Topliss-reactive ketones (excluding diaryl/α,β-unsaturated/α-hetero) is 1. The van der Waals surface area contributed by atoms with E-state index in [1.54, 1.807) is 12.1 Å². The molecule has 0 saturated carbocycles. The Morgan fingerprint density at radius 3 is 2.10 bits per heavy atom. The second kappa shape index (κ2) is 12.4. The predicted octanol–water partition coefficient (Wildman–Crippen LogP) is 9.23. The molecule has 0 radical (unpaired) electrons. The zero-order valence-corrected chi connectivity index (χ0v) is 23.8. The summed E-state index contributed by atoms with van der Waals surface area (Å²) in [6.45, 7) is 10.4. The number of benzene rings is 2. The average Bonchev–Trinajstić information content (AvgIpc) is 3.30. The molecule has 0 amide bonds. The maximum Gasteiger partial charge on any atom is 0.389 e. The van der Waals surface area contributed by atoms with Crippen LogP contribution < -0.4 is 4.74 Å². The lowest BCUT2D eigenvalue weighted by Gasteiger charge is -2.22. The number of ketones is 1. The molecule has 0 saturated heterocycles. The molecule has 3 rings (SSSR count). The van der Waals surface area contributed by atoms with Gasteiger partial charge in [0.15, 0.2) is 5.78 Å². The van der Waals surface area contributed by atoms with E-state index in [2.05, 4.69) is 45.0 Å². The van der Waals surface area contributed by atoms with Gasteiger partial charge < -0.3 is 9.84 Å². The van der Waals surface area contributed by atoms with Crippen LogP contribution in [0.3, 0.4) is 0 Å². The first-order valence-corrected chi connectivity index (χ1v) is 13.8. The van der Waals surface area contributed by atoms with Crippen LogP contribution in [-0.2, 0) is 10.2 Å². The van der Waals surface area contributed by atoms with E-state index >= 15 is 0 Å². The molecule has 1 N–H and O–H groups in total. The van der Waals surface area contributed by atoms with Crippen molar-refractivity contribution in [1.82, 2.24) is 0 Å². The van der Waals surface area contributed by atoms with Gasteiger partial charge in [-0.2, -0.15) is 13.2 Å². The van der Waals surface area contributed by atoms with Crippen LogP contribution in [0.1, 0.15) is 90.2 Å². The molecule has 210 valence electrons. The molecule has 8 heteroatoms. The number of aryl methyl sites for hydroxylation is 2. The van der Waals surface area contributed by atoms with Gasteiger partial charge in [0.25, 0.3) is 0 Å². The lowest BCUT2D eigenvalue weighted by Crippen LogP contribution is -2.13. The lowest BCUT2D eigenvalue weighted by atomic mass is 9.85. The lowest BCUT2D eigenvalue weighted by molar-refractivity contribution is -0.139. The molecular weight excluding hydrogens is 525 g/mol. The second-order valence-corrected chi connectivity index (χ2v) is 12.0. The molecule has 0 aliphatic heterocycles. The number of hydrogen-bond donors (Lipinski definition) is 1. The van der Waals surface area contributed by atoms with E-state index in [4.69, 9.17) is 9.84 Å². The molecule has 39 heavy (non-hydrogen) atoms. The van der Waals surface area contributed by atoms with Crippen molar-refractivity contribution in [1.29, 1.82) is 0 Å². The summed E-state index contributed by atoms with van der Waals surface area (Å²) in [4.78, 5) is 24.1. The molecule has 0 fully saturated rings. The quantitative estimate of drug-likeness (QED) is 0.237. The largest absolute Gasteiger partial charge is 0.485 e. The molecular formula is C31H35F3O4S. The van der Waals surface area contributed by atoms with Gasteiger partial charge in [0.2, 0.25) is 0 Å². The van der Waals surface area contributed by atoms with Crippen molar-refractivity contribution in [2.24, 2.45) is 0 Å². The molecule has 0 aliphatic carbocycles. The van der Waals surface area contributed by atoms with Crippen LogP contribution in [-0.4, -0.2) is 23.0 Å². The van der Waals surface area contributed by atoms with Crippen molar-refractivity contribution in [3.05, 3.63) is 75.0 Å². The van der Waals surface area contributed by atoms with Crippen LogP contribution in [0.2, 0.25) is 0 Å². The minimum absolute atomic E-state index is 0.0382. The van der Waals surface area contributed by atoms with Gasteiger partial charge in [-0.25, -0.2) is 0 Å². The topological polar surface area (TPSA) is 63.6 Å². The van der Waals surface area contributed by atoms with Crippen LogP contribution in [0.15, 0.2) is 48.5 Å². The van der Waals surface area contributed by atoms with E-state index in [0.717, 1.165) is 33.6 Å². The smallest absolute Gasteiger partial charge is 0.389 e. The van der Waals surface area contributed by atoms with Crippen molar-refractivity contribution >= 4 is 23.1 Å². The summed E-state index contributed by atoms with van der Waals surface area (Å²) < 4.78 is 45.5. The Morgan fingerprint density at radius 2 is 1.56 bits per heavy atom. The number of carboxylic acid groups (broad SMARTS) is 1. The van der Waals surface area contributed by atoms with Crippen LogP contribution >= 0.6 is 11.3 Å². The third kappa shape index (κ3) is 8.68. The Bertz CT molecular complexity index is 1280. The average molecular weight is 561 g/mol. The standard InChI is InChI=1S/C31H35F3O4S/c1-19-17-23(18-20(2)29(19)21-9-11-22(12-10-21)30(3,4)5)38-25(15-16-31(32,33)34)27-14-13-26(39-27)24(35)7-6-8-28(36)37/h9-14,17-18,25H,6-8,15-16H2,1-5H3,(H,36,37). The van der Waals surface area contributed by atoms with Crippen molar-refractivity contribution < 1.29 is 32.6 Å². The maximum absolute atomic E-state index is 13.1. The van der Waals surface area contributed by atoms with Crippen LogP contribution in [0.5, 0.6) is 5.75 Å². The first-order valence-electron chi connectivity index (χ1n) is 12.9. The van der Waals surface area contributed by atoms with Gasteiger partial charge in [0, 0.05) is 24.1 Å². The monoisotopic (exact) mass is 560 g/mol. The van der Waals surface area contributed by atoms with Gasteiger partial charge in [-0.15, -0.1) is 11.3 Å². The number of rotatable bonds is 11. The Morgan fingerprint density at radius 1 is 0.949 bits per heavy atom. The minimum atomic E-state index is -4.34. The highest BCUT2D eigenvalue weighted by Gasteiger charge is 2.30. The highest BCUT2D eigenvalue weighted by Crippen LogP contribution is 2.38. The van der Waals surface area contributed by atoms with Crippen molar-refractivity contribution in [3.63, 3.8) is 0 Å². The SMILES string of the molecule is Cc1cc(OC(CCC(F)(F)F)c2ccc(C(=O)CCCC(=O)O)s2)cc(C)c1-c1ccc(C(C)(C)C)cc1. The molecule has 0 bridgehead atoms. The normalized spacial score (nSPS) is 12.8. The molecule has 2 aromatic carbocycles. The second-order valence-electron chi connectivity index (χ2n) is 10.9. The van der Waals surface area contributed by atoms with E-state index in [9.17, 15) is 22.8 Å². The number of carbonyl (C=O) groups is 2. The number of aliphatic carboxylic acids is 1. The third-order valence-electron chi connectivity index (χ3n) is 6.53. The highest BCUT2D eigenvalue weighted by atomic mass is 32.1. The van der Waals surface area contributed by atoms with Crippen LogP contribution in [0.25, 0.3) is 11.1 Å². The van der Waals surface area contributed by atoms with Gasteiger partial charge in [0.05, 0.1) is 4.88 Å². The van der Waals surface area contributed by atoms with Gasteiger partial charge >= 0.3 is 12.1 Å². The Labute approximate surface area is 231 Å². The number of carboxylic acids is 1. The number of halogens is 3. The number of hydrogen-bond acceptors (Lipinski definition) is 4. The summed E-state index contributed by atoms with van der Waals surface area (Å²) in [6, 6.07) is 15.3. The van der Waals surface area contributed by atoms with E-state index in [1.807, 2.05) is 26.0 Å². The molecule has 1 atom stereocenters. The van der Waals surface area contributed by atoms with Gasteiger partial charge in [-0.05, 0) is 84.2 Å². The fraction of sp³-hybridized carbons (Fsp3) is 0.419. The van der Waals surface area contributed by atoms with E-state index in [1.165, 1.54) is 5.56 Å². The zero-order chi connectivity index (χ0) is 29.0. The number of ether oxygens (including phenoxy) is 1. The molecule has 4 nitrogen and oxygen atoms in total. The summed E-state index contributed by atoms with van der Waals surface area (Å²) in [5, 5.41) is 8.78. The van der Waals surface area contributed by atoms with Crippen molar-refractivity contribution in [2.45, 2.75) is 84.4 Å². The first-order chi connectivity index (χ1) is 18.1. The van der Waals surface area contributed by atoms with Crippen molar-refractivity contribution in [2.75, 3.05) is 0 Å². The zero-order valence-electron chi connectivity index (χ0n) is 22.9. The Balaban J connectivity index is 1.84. The summed E-state index contributed by atoms with van der Waals surface area (Å²) in [7, 11) is 0. The maximum atomic E-state index is 13.1. The number of thiophene rings is 1. The fourth-order valence-corrected chi connectivity index (χ4v) is 5.54. The molecule has 3 aromatic rings. The van der Waals surface area contributed by atoms with Gasteiger partial charge in [-0.3, -0.25) is 9.59 Å². The summed E-state index contributed by atoms with van der Waals surface area (Å²) in [5.41, 5.74) is 5.27. The predicted molar refractivity (Wildman–Crippen MR) is 149 cm³/mol. The summed E-state index contributed by atoms with van der Waals surface area (Å²) in [6.07, 6.45) is -6.37. The Kier molecular flexibility index (Phi) is 9.64. The molecule has 1 unspecified atom stereocenters. The minimum Gasteiger partial charge on any atom is -0.485 e. The van der Waals surface area contributed by atoms with E-state index < -0.39 is 24.7 Å². The van der Waals surface area contributed by atoms with Crippen LogP contribution in [0, 0.1) is 13.8 Å². The molecule has 1 aromatic heterocycles. The van der Waals surface area contributed by atoms with Gasteiger partial charge in [0.1, 0.15) is 11.9 Å². The number of alkyl halides is 3. The first kappa shape index (κ1) is 30.4. The molecule has 0 spiro atoms. The number of carbonyl (C=O) groups excluding carboxylic acids is 1. The van der Waals surface area contributed by atoms with Crippen LogP contribution in [0.4, 0.5) is 13.2 Å².